The monoisotopic (exact) mass is 485 g/mol. The van der Waals surface area contributed by atoms with Gasteiger partial charge in [0, 0.05) is 30.7 Å². The molecule has 35 heavy (non-hydrogen) atoms. The minimum Gasteiger partial charge on any atom is -0.493 e. The molecular formula is C25H22F3N3O4. The number of rotatable bonds is 5. The largest absolute Gasteiger partial charge is 0.493 e. The number of pyridine rings is 1. The Balaban J connectivity index is 1.81. The van der Waals surface area contributed by atoms with Crippen molar-refractivity contribution in [1.29, 1.82) is 0 Å². The number of benzene rings is 2. The summed E-state index contributed by atoms with van der Waals surface area (Å²) < 4.78 is 49.5. The normalized spacial score (nSPS) is 17.5. The van der Waals surface area contributed by atoms with Gasteiger partial charge in [-0.25, -0.2) is 0 Å². The number of likely N-dealkylation sites (N-methyl/N-ethyl adjacent to an activating group) is 1. The van der Waals surface area contributed by atoms with E-state index in [1.54, 1.807) is 37.6 Å². The van der Waals surface area contributed by atoms with Crippen molar-refractivity contribution in [1.82, 2.24) is 9.88 Å². The molecule has 10 heteroatoms. The van der Waals surface area contributed by atoms with Crippen LogP contribution in [0.4, 0.5) is 18.9 Å². The molecular weight excluding hydrogens is 463 g/mol. The van der Waals surface area contributed by atoms with Gasteiger partial charge < -0.3 is 19.7 Å². The molecule has 2 amide bonds. The molecule has 0 fully saturated rings. The molecule has 0 bridgehead atoms. The molecule has 2 atom stereocenters. The van der Waals surface area contributed by atoms with Crippen LogP contribution in [0.25, 0.3) is 0 Å². The Morgan fingerprint density at radius 1 is 1.06 bits per heavy atom. The van der Waals surface area contributed by atoms with Crippen molar-refractivity contribution in [3.05, 3.63) is 83.2 Å². The van der Waals surface area contributed by atoms with Crippen LogP contribution >= 0.6 is 0 Å². The van der Waals surface area contributed by atoms with Gasteiger partial charge in [-0.1, -0.05) is 6.07 Å². The summed E-state index contributed by atoms with van der Waals surface area (Å²) in [5.74, 6) is -1.09. The lowest BCUT2D eigenvalue weighted by molar-refractivity contribution is -0.137. The lowest BCUT2D eigenvalue weighted by atomic mass is 9.79. The Morgan fingerprint density at radius 2 is 1.71 bits per heavy atom. The third-order valence-electron chi connectivity index (χ3n) is 5.96. The Kier molecular flexibility index (Phi) is 6.38. The van der Waals surface area contributed by atoms with Crippen molar-refractivity contribution < 1.29 is 32.2 Å². The van der Waals surface area contributed by atoms with Gasteiger partial charge >= 0.3 is 6.18 Å². The molecule has 1 aromatic heterocycles. The summed E-state index contributed by atoms with van der Waals surface area (Å²) in [6.07, 6.45) is -1.35. The highest BCUT2D eigenvalue weighted by molar-refractivity contribution is 6.04. The zero-order valence-electron chi connectivity index (χ0n) is 19.1. The van der Waals surface area contributed by atoms with Crippen LogP contribution in [-0.2, 0) is 11.0 Å². The first-order chi connectivity index (χ1) is 16.7. The number of methoxy groups -OCH3 is 2. The number of halogens is 3. The highest BCUT2D eigenvalue weighted by atomic mass is 19.4. The van der Waals surface area contributed by atoms with Crippen LogP contribution in [0.3, 0.4) is 0 Å². The van der Waals surface area contributed by atoms with E-state index in [1.807, 2.05) is 0 Å². The van der Waals surface area contributed by atoms with Gasteiger partial charge in [0.15, 0.2) is 11.5 Å². The van der Waals surface area contributed by atoms with Gasteiger partial charge in [-0.05, 0) is 53.6 Å². The summed E-state index contributed by atoms with van der Waals surface area (Å²) in [5, 5.41) is 2.70. The first-order valence-corrected chi connectivity index (χ1v) is 10.6. The molecule has 182 valence electrons. The maximum atomic E-state index is 13.6. The quantitative estimate of drug-likeness (QED) is 0.568. The molecule has 1 N–H and O–H groups in total. The van der Waals surface area contributed by atoms with E-state index in [4.69, 9.17) is 9.47 Å². The number of hydrogen-bond acceptors (Lipinski definition) is 5. The first-order valence-electron chi connectivity index (χ1n) is 10.6. The predicted octanol–water partition coefficient (Wildman–Crippen LogP) is 4.67. The van der Waals surface area contributed by atoms with Crippen molar-refractivity contribution in [2.45, 2.75) is 18.1 Å². The van der Waals surface area contributed by atoms with Crippen LogP contribution in [0.1, 0.15) is 39.0 Å². The fourth-order valence-electron chi connectivity index (χ4n) is 4.26. The number of hydrogen-bond donors (Lipinski definition) is 1. The summed E-state index contributed by atoms with van der Waals surface area (Å²) in [7, 11) is 4.46. The number of amides is 2. The maximum absolute atomic E-state index is 13.6. The van der Waals surface area contributed by atoms with E-state index in [0.717, 1.165) is 12.1 Å². The van der Waals surface area contributed by atoms with E-state index in [9.17, 15) is 22.8 Å². The zero-order chi connectivity index (χ0) is 25.3. The molecule has 0 aliphatic carbocycles. The van der Waals surface area contributed by atoms with Crippen LogP contribution in [0, 0.1) is 0 Å². The molecule has 0 saturated heterocycles. The van der Waals surface area contributed by atoms with Gasteiger partial charge in [-0.15, -0.1) is 0 Å². The second-order valence-electron chi connectivity index (χ2n) is 7.98. The molecule has 0 spiro atoms. The molecule has 1 aliphatic rings. The predicted molar refractivity (Wildman–Crippen MR) is 121 cm³/mol. The number of nitrogens with zero attached hydrogens (tertiary/aromatic N) is 2. The lowest BCUT2D eigenvalue weighted by Crippen LogP contribution is -2.44. The Bertz CT molecular complexity index is 1250. The number of nitrogens with one attached hydrogen (secondary N) is 1. The average Bonchev–Trinajstić information content (AvgIpc) is 2.85. The van der Waals surface area contributed by atoms with E-state index in [1.165, 1.54) is 37.3 Å². The Labute approximate surface area is 199 Å². The van der Waals surface area contributed by atoms with E-state index < -0.39 is 29.6 Å². The number of carbonyl (C=O) groups is 2. The third kappa shape index (κ3) is 4.51. The Hall–Kier alpha value is -4.08. The number of anilines is 1. The van der Waals surface area contributed by atoms with Gasteiger partial charge in [0.25, 0.3) is 5.91 Å². The molecule has 0 radical (unpaired) electrons. The highest BCUT2D eigenvalue weighted by Crippen LogP contribution is 2.45. The van der Waals surface area contributed by atoms with E-state index in [0.29, 0.717) is 22.6 Å². The zero-order valence-corrected chi connectivity index (χ0v) is 19.1. The van der Waals surface area contributed by atoms with Crippen LogP contribution in [0.15, 0.2) is 60.9 Å². The van der Waals surface area contributed by atoms with Crippen molar-refractivity contribution in [2.75, 3.05) is 26.6 Å². The number of aromatic nitrogens is 1. The highest BCUT2D eigenvalue weighted by Gasteiger charge is 2.43. The fraction of sp³-hybridized carbons (Fsp3) is 0.240. The summed E-state index contributed by atoms with van der Waals surface area (Å²) in [6.45, 7) is 0. The van der Waals surface area contributed by atoms with Gasteiger partial charge in [-0.3, -0.25) is 14.6 Å². The third-order valence-corrected chi connectivity index (χ3v) is 5.96. The maximum Gasteiger partial charge on any atom is 0.416 e. The summed E-state index contributed by atoms with van der Waals surface area (Å²) in [5.41, 5.74) is 0.654. The molecule has 7 nitrogen and oxygen atoms in total. The number of ether oxygens (including phenoxy) is 2. The minimum atomic E-state index is -4.49. The topological polar surface area (TPSA) is 80.8 Å². The SMILES string of the molecule is COc1cc2c(cc1OC)[C@@H](C(=O)Nc1ccc(C(F)(F)F)cc1)[C@@H](c1cccnc1)N(C)C2=O. The second kappa shape index (κ2) is 9.28. The van der Waals surface area contributed by atoms with Gasteiger partial charge in [0.2, 0.25) is 5.91 Å². The van der Waals surface area contributed by atoms with Crippen molar-refractivity contribution in [2.24, 2.45) is 0 Å². The van der Waals surface area contributed by atoms with Crippen molar-refractivity contribution in [3.8, 4) is 11.5 Å². The average molecular weight is 485 g/mol. The van der Waals surface area contributed by atoms with Crippen molar-refractivity contribution in [3.63, 3.8) is 0 Å². The van der Waals surface area contributed by atoms with E-state index in [-0.39, 0.29) is 17.2 Å². The Morgan fingerprint density at radius 3 is 2.29 bits per heavy atom. The smallest absolute Gasteiger partial charge is 0.416 e. The summed E-state index contributed by atoms with van der Waals surface area (Å²) in [6, 6.07) is 9.99. The van der Waals surface area contributed by atoms with Crippen molar-refractivity contribution >= 4 is 17.5 Å². The lowest BCUT2D eigenvalue weighted by Gasteiger charge is -2.39. The van der Waals surface area contributed by atoms with E-state index >= 15 is 0 Å². The van der Waals surface area contributed by atoms with E-state index in [2.05, 4.69) is 10.3 Å². The molecule has 3 aromatic rings. The fourth-order valence-corrected chi connectivity index (χ4v) is 4.26. The molecule has 4 rings (SSSR count). The standard InChI is InChI=1S/C25H22F3N3O4/c1-31-22(14-5-4-10-29-13-14)21(17-11-19(34-2)20(35-3)12-18(17)24(31)33)23(32)30-16-8-6-15(7-9-16)25(26,27)28/h4-13,21-22H,1-3H3,(H,30,32)/t21-,22-/m1/s1. The summed E-state index contributed by atoms with van der Waals surface area (Å²) >= 11 is 0. The number of alkyl halides is 3. The molecule has 2 aromatic carbocycles. The molecule has 2 heterocycles. The van der Waals surface area contributed by atoms with Crippen LogP contribution in [0.2, 0.25) is 0 Å². The van der Waals surface area contributed by atoms with Crippen LogP contribution < -0.4 is 14.8 Å². The molecule has 0 saturated carbocycles. The van der Waals surface area contributed by atoms with Gasteiger partial charge in [0.05, 0.1) is 31.7 Å². The second-order valence-corrected chi connectivity index (χ2v) is 7.98. The molecule has 0 unspecified atom stereocenters. The minimum absolute atomic E-state index is 0.189. The van der Waals surface area contributed by atoms with Crippen LogP contribution in [0.5, 0.6) is 11.5 Å². The van der Waals surface area contributed by atoms with Crippen LogP contribution in [-0.4, -0.2) is 43.0 Å². The molecule has 1 aliphatic heterocycles. The van der Waals surface area contributed by atoms with Gasteiger partial charge in [0.1, 0.15) is 0 Å². The number of carbonyl (C=O) groups excluding carboxylic acids is 2. The summed E-state index contributed by atoms with van der Waals surface area (Å²) in [4.78, 5) is 32.5. The number of fused-ring (bicyclic) bond motifs is 1. The first kappa shape index (κ1) is 24.1. The van der Waals surface area contributed by atoms with Gasteiger partial charge in [-0.2, -0.15) is 13.2 Å².